The molecule has 2 aromatic rings. The van der Waals surface area contributed by atoms with Crippen LogP contribution < -0.4 is 4.74 Å². The van der Waals surface area contributed by atoms with Gasteiger partial charge in [-0.05, 0) is 36.1 Å². The van der Waals surface area contributed by atoms with Crippen molar-refractivity contribution < 1.29 is 9.13 Å². The Hall–Kier alpha value is -1.54. The molecule has 2 rings (SSSR count). The highest BCUT2D eigenvalue weighted by molar-refractivity contribution is 6.31. The minimum atomic E-state index is -0.416. The largest absolute Gasteiger partial charge is 0.489 e. The molecule has 0 aliphatic rings. The first-order valence-electron chi connectivity index (χ1n) is 6.65. The number of hydrogen-bond acceptors (Lipinski definition) is 1. The zero-order chi connectivity index (χ0) is 14.7. The Morgan fingerprint density at radius 2 is 1.95 bits per heavy atom. The van der Waals surface area contributed by atoms with E-state index >= 15 is 0 Å². The molecule has 0 N–H and O–H groups in total. The molecule has 20 heavy (non-hydrogen) atoms. The third-order valence-corrected chi connectivity index (χ3v) is 3.72. The van der Waals surface area contributed by atoms with E-state index in [0.717, 1.165) is 11.3 Å². The number of ether oxygens (including phenoxy) is 1. The molecule has 0 heterocycles. The molecule has 0 amide bonds. The fourth-order valence-corrected chi connectivity index (χ4v) is 2.13. The van der Waals surface area contributed by atoms with E-state index in [9.17, 15) is 4.39 Å². The molecule has 0 fully saturated rings. The molecule has 0 saturated heterocycles. The standard InChI is InChI=1S/C17H18ClFO/c1-11(2)13-8-7-12(3)16(9-13)20-10-14-5-4-6-15(19)17(14)18/h4-9,11H,10H2,1-3H3. The molecule has 0 aliphatic carbocycles. The summed E-state index contributed by atoms with van der Waals surface area (Å²) in [6.07, 6.45) is 0. The summed E-state index contributed by atoms with van der Waals surface area (Å²) in [6, 6.07) is 10.9. The van der Waals surface area contributed by atoms with Crippen molar-refractivity contribution >= 4 is 11.6 Å². The maximum Gasteiger partial charge on any atom is 0.142 e. The quantitative estimate of drug-likeness (QED) is 0.724. The lowest BCUT2D eigenvalue weighted by atomic mass is 10.0. The number of benzene rings is 2. The number of rotatable bonds is 4. The normalized spacial score (nSPS) is 10.9. The van der Waals surface area contributed by atoms with Gasteiger partial charge in [-0.1, -0.05) is 49.7 Å². The van der Waals surface area contributed by atoms with Crippen LogP contribution in [0, 0.1) is 12.7 Å². The van der Waals surface area contributed by atoms with Crippen LogP contribution in [0.2, 0.25) is 5.02 Å². The van der Waals surface area contributed by atoms with Crippen molar-refractivity contribution in [3.05, 3.63) is 63.9 Å². The Morgan fingerprint density at radius 1 is 1.20 bits per heavy atom. The summed E-state index contributed by atoms with van der Waals surface area (Å²) in [6.45, 7) is 6.53. The zero-order valence-corrected chi connectivity index (χ0v) is 12.7. The maximum absolute atomic E-state index is 13.4. The molecule has 0 bridgehead atoms. The molecule has 3 heteroatoms. The van der Waals surface area contributed by atoms with Gasteiger partial charge in [0.05, 0.1) is 5.02 Å². The first-order valence-corrected chi connectivity index (χ1v) is 7.03. The second-order valence-corrected chi connectivity index (χ2v) is 5.56. The minimum Gasteiger partial charge on any atom is -0.489 e. The molecule has 0 saturated carbocycles. The summed E-state index contributed by atoms with van der Waals surface area (Å²) >= 11 is 5.93. The Kier molecular flexibility index (Phi) is 4.66. The first-order chi connectivity index (χ1) is 9.49. The van der Waals surface area contributed by atoms with E-state index < -0.39 is 5.82 Å². The van der Waals surface area contributed by atoms with Crippen molar-refractivity contribution in [2.75, 3.05) is 0 Å². The van der Waals surface area contributed by atoms with Crippen LogP contribution in [-0.4, -0.2) is 0 Å². The lowest BCUT2D eigenvalue weighted by Gasteiger charge is -2.13. The monoisotopic (exact) mass is 292 g/mol. The van der Waals surface area contributed by atoms with Gasteiger partial charge in [0.1, 0.15) is 18.2 Å². The van der Waals surface area contributed by atoms with Gasteiger partial charge in [-0.2, -0.15) is 0 Å². The first kappa shape index (κ1) is 14.9. The highest BCUT2D eigenvalue weighted by Gasteiger charge is 2.08. The van der Waals surface area contributed by atoms with Crippen LogP contribution in [0.1, 0.15) is 36.5 Å². The number of halogens is 2. The molecule has 0 radical (unpaired) electrons. The average molecular weight is 293 g/mol. The van der Waals surface area contributed by atoms with Crippen molar-refractivity contribution in [3.63, 3.8) is 0 Å². The van der Waals surface area contributed by atoms with Gasteiger partial charge in [0, 0.05) is 5.56 Å². The summed E-state index contributed by atoms with van der Waals surface area (Å²) in [4.78, 5) is 0. The molecular weight excluding hydrogens is 275 g/mol. The van der Waals surface area contributed by atoms with Crippen LogP contribution in [0.3, 0.4) is 0 Å². The second-order valence-electron chi connectivity index (χ2n) is 5.18. The Labute approximate surface area is 124 Å². The fraction of sp³-hybridized carbons (Fsp3) is 0.294. The van der Waals surface area contributed by atoms with Crippen LogP contribution >= 0.6 is 11.6 Å². The van der Waals surface area contributed by atoms with Gasteiger partial charge in [0.15, 0.2) is 0 Å². The SMILES string of the molecule is Cc1ccc(C(C)C)cc1OCc1cccc(F)c1Cl. The number of aryl methyl sites for hydroxylation is 1. The molecule has 0 atom stereocenters. The summed E-state index contributed by atoms with van der Waals surface area (Å²) in [7, 11) is 0. The van der Waals surface area contributed by atoms with Crippen molar-refractivity contribution in [2.24, 2.45) is 0 Å². The smallest absolute Gasteiger partial charge is 0.142 e. The van der Waals surface area contributed by atoms with E-state index in [0.29, 0.717) is 11.5 Å². The lowest BCUT2D eigenvalue weighted by Crippen LogP contribution is -2.00. The predicted molar refractivity (Wildman–Crippen MR) is 81.0 cm³/mol. The van der Waals surface area contributed by atoms with E-state index in [1.807, 2.05) is 19.1 Å². The summed E-state index contributed by atoms with van der Waals surface area (Å²) in [5.41, 5.74) is 2.93. The third-order valence-electron chi connectivity index (χ3n) is 3.29. The molecule has 0 aliphatic heterocycles. The van der Waals surface area contributed by atoms with Crippen molar-refractivity contribution in [2.45, 2.75) is 33.3 Å². The topological polar surface area (TPSA) is 9.23 Å². The minimum absolute atomic E-state index is 0.130. The van der Waals surface area contributed by atoms with E-state index in [2.05, 4.69) is 19.9 Å². The third kappa shape index (κ3) is 3.31. The van der Waals surface area contributed by atoms with Crippen LogP contribution in [-0.2, 0) is 6.61 Å². The van der Waals surface area contributed by atoms with Crippen molar-refractivity contribution in [3.8, 4) is 5.75 Å². The Balaban J connectivity index is 2.18. The van der Waals surface area contributed by atoms with E-state index in [1.165, 1.54) is 11.6 Å². The van der Waals surface area contributed by atoms with Gasteiger partial charge < -0.3 is 4.74 Å². The van der Waals surface area contributed by atoms with Gasteiger partial charge in [-0.25, -0.2) is 4.39 Å². The van der Waals surface area contributed by atoms with E-state index in [-0.39, 0.29) is 11.6 Å². The van der Waals surface area contributed by atoms with Gasteiger partial charge in [-0.15, -0.1) is 0 Å². The molecule has 0 aromatic heterocycles. The maximum atomic E-state index is 13.4. The zero-order valence-electron chi connectivity index (χ0n) is 11.9. The predicted octanol–water partition coefficient (Wildman–Crippen LogP) is 5.49. The summed E-state index contributed by atoms with van der Waals surface area (Å²) < 4.78 is 19.2. The molecule has 0 spiro atoms. The van der Waals surface area contributed by atoms with Gasteiger partial charge in [-0.3, -0.25) is 0 Å². The van der Waals surface area contributed by atoms with E-state index in [4.69, 9.17) is 16.3 Å². The van der Waals surface area contributed by atoms with Crippen LogP contribution in [0.5, 0.6) is 5.75 Å². The highest BCUT2D eigenvalue weighted by atomic mass is 35.5. The molecule has 2 aromatic carbocycles. The van der Waals surface area contributed by atoms with Crippen molar-refractivity contribution in [1.82, 2.24) is 0 Å². The van der Waals surface area contributed by atoms with Crippen LogP contribution in [0.25, 0.3) is 0 Å². The molecular formula is C17H18ClFO. The Bertz CT molecular complexity index is 608. The second kappa shape index (κ2) is 6.27. The van der Waals surface area contributed by atoms with Crippen LogP contribution in [0.15, 0.2) is 36.4 Å². The van der Waals surface area contributed by atoms with Gasteiger partial charge in [0.25, 0.3) is 0 Å². The van der Waals surface area contributed by atoms with Gasteiger partial charge >= 0.3 is 0 Å². The highest BCUT2D eigenvalue weighted by Crippen LogP contribution is 2.26. The summed E-state index contributed by atoms with van der Waals surface area (Å²) in [5.74, 6) is 0.840. The number of hydrogen-bond donors (Lipinski definition) is 0. The molecule has 106 valence electrons. The van der Waals surface area contributed by atoms with Crippen molar-refractivity contribution in [1.29, 1.82) is 0 Å². The summed E-state index contributed by atoms with van der Waals surface area (Å²) in [5, 5.41) is 0.130. The van der Waals surface area contributed by atoms with Gasteiger partial charge in [0.2, 0.25) is 0 Å². The van der Waals surface area contributed by atoms with E-state index in [1.54, 1.807) is 12.1 Å². The fourth-order valence-electron chi connectivity index (χ4n) is 1.95. The van der Waals surface area contributed by atoms with Crippen LogP contribution in [0.4, 0.5) is 4.39 Å². The molecule has 0 unspecified atom stereocenters. The lowest BCUT2D eigenvalue weighted by molar-refractivity contribution is 0.303. The average Bonchev–Trinajstić information content (AvgIpc) is 2.41. The Morgan fingerprint density at radius 3 is 2.65 bits per heavy atom. The molecule has 1 nitrogen and oxygen atoms in total.